The molecule has 0 unspecified atom stereocenters. The maximum atomic E-state index is 6.35. The highest BCUT2D eigenvalue weighted by Crippen LogP contribution is 2.41. The molecule has 2 aromatic rings. The van der Waals surface area contributed by atoms with Gasteiger partial charge in [-0.1, -0.05) is 18.5 Å². The van der Waals surface area contributed by atoms with Crippen molar-refractivity contribution in [2.24, 2.45) is 0 Å². The lowest BCUT2D eigenvalue weighted by molar-refractivity contribution is 0.420. The summed E-state index contributed by atoms with van der Waals surface area (Å²) in [6.07, 6.45) is 4.38. The van der Waals surface area contributed by atoms with Crippen LogP contribution in [0.2, 0.25) is 5.02 Å². The number of anilines is 1. The van der Waals surface area contributed by atoms with Crippen LogP contribution < -0.4 is 10.1 Å². The molecule has 1 aromatic heterocycles. The largest absolute Gasteiger partial charge is 0.496 e. The minimum atomic E-state index is 0.690. The standard InChI is InChI=1S/C16H19ClN2O/c1-3-9-18-15-10-5-4-6-12(10)19-16-11(17)7-8-13(20-2)14(15)16/h7-8H,3-6,9H2,1-2H3,(H,18,19). The van der Waals surface area contributed by atoms with Gasteiger partial charge in [-0.2, -0.15) is 0 Å². The Morgan fingerprint density at radius 3 is 2.95 bits per heavy atom. The average Bonchev–Trinajstić information content (AvgIpc) is 2.93. The van der Waals surface area contributed by atoms with Gasteiger partial charge in [-0.25, -0.2) is 0 Å². The van der Waals surface area contributed by atoms with Crippen molar-refractivity contribution in [1.82, 2.24) is 4.98 Å². The molecule has 0 bridgehead atoms. The summed E-state index contributed by atoms with van der Waals surface area (Å²) < 4.78 is 5.52. The Labute approximate surface area is 124 Å². The molecule has 1 aliphatic carbocycles. The first-order chi connectivity index (χ1) is 9.76. The van der Waals surface area contributed by atoms with E-state index in [4.69, 9.17) is 21.3 Å². The predicted octanol–water partition coefficient (Wildman–Crippen LogP) is 4.21. The summed E-state index contributed by atoms with van der Waals surface area (Å²) >= 11 is 6.35. The number of methoxy groups -OCH3 is 1. The highest BCUT2D eigenvalue weighted by Gasteiger charge is 2.22. The Morgan fingerprint density at radius 2 is 2.20 bits per heavy atom. The molecule has 4 heteroatoms. The monoisotopic (exact) mass is 290 g/mol. The minimum Gasteiger partial charge on any atom is -0.496 e. The second-order valence-electron chi connectivity index (χ2n) is 5.17. The van der Waals surface area contributed by atoms with E-state index < -0.39 is 0 Å². The van der Waals surface area contributed by atoms with Crippen LogP contribution in [-0.4, -0.2) is 18.6 Å². The molecule has 0 fully saturated rings. The Kier molecular flexibility index (Phi) is 3.70. The van der Waals surface area contributed by atoms with E-state index in [-0.39, 0.29) is 0 Å². The number of rotatable bonds is 4. The van der Waals surface area contributed by atoms with E-state index in [2.05, 4.69) is 12.2 Å². The van der Waals surface area contributed by atoms with Crippen molar-refractivity contribution >= 4 is 28.2 Å². The summed E-state index contributed by atoms with van der Waals surface area (Å²) in [7, 11) is 1.69. The lowest BCUT2D eigenvalue weighted by Crippen LogP contribution is -2.06. The third-order valence-corrected chi connectivity index (χ3v) is 4.15. The maximum absolute atomic E-state index is 6.35. The third kappa shape index (κ3) is 2.10. The van der Waals surface area contributed by atoms with Gasteiger partial charge in [-0.3, -0.25) is 4.98 Å². The number of pyridine rings is 1. The van der Waals surface area contributed by atoms with Gasteiger partial charge in [0.1, 0.15) is 5.75 Å². The Bertz CT molecular complexity index is 655. The number of nitrogens with one attached hydrogen (secondary N) is 1. The van der Waals surface area contributed by atoms with E-state index in [1.807, 2.05) is 12.1 Å². The summed E-state index contributed by atoms with van der Waals surface area (Å²) in [5.74, 6) is 0.838. The van der Waals surface area contributed by atoms with E-state index in [1.54, 1.807) is 7.11 Å². The second-order valence-corrected chi connectivity index (χ2v) is 5.57. The predicted molar refractivity (Wildman–Crippen MR) is 84.1 cm³/mol. The summed E-state index contributed by atoms with van der Waals surface area (Å²) in [5, 5.41) is 5.27. The van der Waals surface area contributed by atoms with Crippen molar-refractivity contribution in [3.8, 4) is 5.75 Å². The molecule has 0 spiro atoms. The van der Waals surface area contributed by atoms with Gasteiger partial charge in [0.25, 0.3) is 0 Å². The van der Waals surface area contributed by atoms with Crippen LogP contribution in [0.15, 0.2) is 12.1 Å². The van der Waals surface area contributed by atoms with Gasteiger partial charge in [0.2, 0.25) is 0 Å². The topological polar surface area (TPSA) is 34.2 Å². The molecular weight excluding hydrogens is 272 g/mol. The van der Waals surface area contributed by atoms with Crippen LogP contribution in [0, 0.1) is 0 Å². The fourth-order valence-electron chi connectivity index (χ4n) is 2.92. The number of ether oxygens (including phenoxy) is 1. The zero-order valence-corrected chi connectivity index (χ0v) is 12.7. The molecule has 0 saturated heterocycles. The Hall–Kier alpha value is -1.48. The minimum absolute atomic E-state index is 0.690. The van der Waals surface area contributed by atoms with Gasteiger partial charge in [0.15, 0.2) is 0 Å². The molecule has 1 aliphatic rings. The number of nitrogens with zero attached hydrogens (tertiary/aromatic N) is 1. The summed E-state index contributed by atoms with van der Waals surface area (Å²) in [6.45, 7) is 3.11. The molecule has 106 valence electrons. The number of halogens is 1. The van der Waals surface area contributed by atoms with Crippen LogP contribution in [0.25, 0.3) is 10.9 Å². The van der Waals surface area contributed by atoms with Crippen LogP contribution in [0.5, 0.6) is 5.75 Å². The van der Waals surface area contributed by atoms with Crippen molar-refractivity contribution in [1.29, 1.82) is 0 Å². The first-order valence-corrected chi connectivity index (χ1v) is 7.55. The lowest BCUT2D eigenvalue weighted by Gasteiger charge is -2.17. The lowest BCUT2D eigenvalue weighted by atomic mass is 10.1. The van der Waals surface area contributed by atoms with Gasteiger partial charge in [0.05, 0.1) is 28.7 Å². The van der Waals surface area contributed by atoms with E-state index in [0.717, 1.165) is 42.5 Å². The summed E-state index contributed by atoms with van der Waals surface area (Å²) in [5.41, 5.74) is 4.55. The number of benzene rings is 1. The first kappa shape index (κ1) is 13.5. The molecule has 1 N–H and O–H groups in total. The van der Waals surface area contributed by atoms with Crippen LogP contribution in [0.4, 0.5) is 5.69 Å². The molecule has 0 saturated carbocycles. The molecule has 20 heavy (non-hydrogen) atoms. The normalized spacial score (nSPS) is 13.6. The second kappa shape index (κ2) is 5.49. The third-order valence-electron chi connectivity index (χ3n) is 3.85. The SMILES string of the molecule is CCCNc1c2c(nc3c(Cl)ccc(OC)c13)CCC2. The van der Waals surface area contributed by atoms with Gasteiger partial charge in [-0.15, -0.1) is 0 Å². The van der Waals surface area contributed by atoms with Crippen LogP contribution >= 0.6 is 11.6 Å². The highest BCUT2D eigenvalue weighted by molar-refractivity contribution is 6.35. The fourth-order valence-corrected chi connectivity index (χ4v) is 3.12. The van der Waals surface area contributed by atoms with Crippen LogP contribution in [0.3, 0.4) is 0 Å². The van der Waals surface area contributed by atoms with E-state index in [1.165, 1.54) is 23.4 Å². The van der Waals surface area contributed by atoms with Crippen molar-refractivity contribution in [2.45, 2.75) is 32.6 Å². The van der Waals surface area contributed by atoms with Crippen molar-refractivity contribution in [3.05, 3.63) is 28.4 Å². The molecule has 0 amide bonds. The molecular formula is C16H19ClN2O. The average molecular weight is 291 g/mol. The van der Waals surface area contributed by atoms with E-state index in [9.17, 15) is 0 Å². The summed E-state index contributed by atoms with van der Waals surface area (Å²) in [6, 6.07) is 3.78. The zero-order chi connectivity index (χ0) is 14.1. The van der Waals surface area contributed by atoms with Crippen molar-refractivity contribution in [2.75, 3.05) is 19.0 Å². The van der Waals surface area contributed by atoms with E-state index in [0.29, 0.717) is 5.02 Å². The first-order valence-electron chi connectivity index (χ1n) is 7.18. The molecule has 1 heterocycles. The summed E-state index contributed by atoms with van der Waals surface area (Å²) in [4.78, 5) is 4.78. The molecule has 0 aliphatic heterocycles. The van der Waals surface area contributed by atoms with Crippen LogP contribution in [-0.2, 0) is 12.8 Å². The molecule has 1 aromatic carbocycles. The maximum Gasteiger partial charge on any atom is 0.130 e. The number of aromatic nitrogens is 1. The molecule has 0 radical (unpaired) electrons. The number of fused-ring (bicyclic) bond motifs is 2. The fraction of sp³-hybridized carbons (Fsp3) is 0.438. The van der Waals surface area contributed by atoms with Gasteiger partial charge in [-0.05, 0) is 43.4 Å². The van der Waals surface area contributed by atoms with E-state index >= 15 is 0 Å². The Morgan fingerprint density at radius 1 is 1.35 bits per heavy atom. The molecule has 3 rings (SSSR count). The Balaban J connectivity index is 2.32. The number of aryl methyl sites for hydroxylation is 1. The van der Waals surface area contributed by atoms with Gasteiger partial charge < -0.3 is 10.1 Å². The van der Waals surface area contributed by atoms with Crippen LogP contribution in [0.1, 0.15) is 31.0 Å². The quantitative estimate of drug-likeness (QED) is 0.916. The van der Waals surface area contributed by atoms with Crippen molar-refractivity contribution < 1.29 is 4.74 Å². The number of hydrogen-bond donors (Lipinski definition) is 1. The van der Waals surface area contributed by atoms with Gasteiger partial charge >= 0.3 is 0 Å². The smallest absolute Gasteiger partial charge is 0.130 e. The van der Waals surface area contributed by atoms with Crippen molar-refractivity contribution in [3.63, 3.8) is 0 Å². The zero-order valence-electron chi connectivity index (χ0n) is 11.9. The molecule has 3 nitrogen and oxygen atoms in total. The number of hydrogen-bond acceptors (Lipinski definition) is 3. The molecule has 0 atom stereocenters. The highest BCUT2D eigenvalue weighted by atomic mass is 35.5. The van der Waals surface area contributed by atoms with Gasteiger partial charge in [0, 0.05) is 12.2 Å².